The Kier molecular flexibility index (Phi) is 11.7. The van der Waals surface area contributed by atoms with Crippen LogP contribution >= 0.6 is 0 Å². The van der Waals surface area contributed by atoms with Crippen molar-refractivity contribution in [2.24, 2.45) is 0 Å². The van der Waals surface area contributed by atoms with Gasteiger partial charge in [-0.3, -0.25) is 4.90 Å². The average molecular weight is 646 g/mol. The van der Waals surface area contributed by atoms with E-state index in [0.717, 1.165) is 58.5 Å². The first kappa shape index (κ1) is 33.6. The summed E-state index contributed by atoms with van der Waals surface area (Å²) in [4.78, 5) is 15.0. The highest BCUT2D eigenvalue weighted by Gasteiger charge is 2.34. The van der Waals surface area contributed by atoms with E-state index in [1.54, 1.807) is 0 Å². The van der Waals surface area contributed by atoms with E-state index in [0.29, 0.717) is 19.1 Å². The van der Waals surface area contributed by atoms with Crippen LogP contribution in [0.25, 0.3) is 11.1 Å². The predicted octanol–water partition coefficient (Wildman–Crippen LogP) is 7.82. The molecule has 0 radical (unpaired) electrons. The van der Waals surface area contributed by atoms with Gasteiger partial charge in [0.15, 0.2) is 6.29 Å². The van der Waals surface area contributed by atoms with Crippen molar-refractivity contribution >= 4 is 6.03 Å². The molecule has 1 heterocycles. The molecule has 3 N–H and O–H groups in total. The van der Waals surface area contributed by atoms with Crippen LogP contribution in [0.2, 0.25) is 0 Å². The highest BCUT2D eigenvalue weighted by molar-refractivity contribution is 5.74. The summed E-state index contributed by atoms with van der Waals surface area (Å²) in [5, 5.41) is 15.5. The molecule has 2 aliphatic rings. The summed E-state index contributed by atoms with van der Waals surface area (Å²) in [7, 11) is 0. The Balaban J connectivity index is 1.16. The van der Waals surface area contributed by atoms with E-state index in [1.807, 2.05) is 60.7 Å². The van der Waals surface area contributed by atoms with Crippen molar-refractivity contribution in [1.82, 2.24) is 15.5 Å². The third kappa shape index (κ3) is 8.99. The second-order valence-electron chi connectivity index (χ2n) is 12.9. The second kappa shape index (κ2) is 16.7. The molecule has 2 fully saturated rings. The molecule has 2 amide bonds. The van der Waals surface area contributed by atoms with Crippen LogP contribution in [0.4, 0.5) is 4.79 Å². The van der Waals surface area contributed by atoms with E-state index in [9.17, 15) is 9.90 Å². The quantitative estimate of drug-likeness (QED) is 0.129. The number of hydrogen-bond donors (Lipinski definition) is 3. The summed E-state index contributed by atoms with van der Waals surface area (Å²) in [6.07, 6.45) is 7.08. The molecule has 3 atom stereocenters. The van der Waals surface area contributed by atoms with Gasteiger partial charge in [-0.1, -0.05) is 110 Å². The van der Waals surface area contributed by atoms with Gasteiger partial charge >= 0.3 is 6.03 Å². The lowest BCUT2D eigenvalue weighted by atomic mass is 9.98. The van der Waals surface area contributed by atoms with Crippen molar-refractivity contribution in [3.05, 3.63) is 144 Å². The highest BCUT2D eigenvalue weighted by Crippen LogP contribution is 2.39. The third-order valence-electron chi connectivity index (χ3n) is 9.43. The zero-order valence-electron chi connectivity index (χ0n) is 27.6. The number of urea groups is 1. The Morgan fingerprint density at radius 2 is 1.48 bits per heavy atom. The lowest BCUT2D eigenvalue weighted by Crippen LogP contribution is -2.43. The van der Waals surface area contributed by atoms with E-state index >= 15 is 0 Å². The van der Waals surface area contributed by atoms with Crippen molar-refractivity contribution < 1.29 is 19.4 Å². The van der Waals surface area contributed by atoms with Crippen LogP contribution in [-0.4, -0.2) is 41.3 Å². The number of ether oxygens (including phenoxy) is 2. The van der Waals surface area contributed by atoms with Crippen LogP contribution in [0.15, 0.2) is 116 Å². The number of hydrogen-bond acceptors (Lipinski definition) is 5. The van der Waals surface area contributed by atoms with Crippen LogP contribution < -0.4 is 10.6 Å². The Hall–Kier alpha value is -4.27. The fourth-order valence-corrected chi connectivity index (χ4v) is 6.85. The van der Waals surface area contributed by atoms with Gasteiger partial charge in [-0.05, 0) is 58.4 Å². The molecule has 1 aliphatic heterocycles. The average Bonchev–Trinajstić information content (AvgIpc) is 3.69. The highest BCUT2D eigenvalue weighted by atomic mass is 16.7. The lowest BCUT2D eigenvalue weighted by Gasteiger charge is -2.39. The fourth-order valence-electron chi connectivity index (χ4n) is 6.85. The number of carbonyl (C=O) groups excluding carboxylic acids is 1. The lowest BCUT2D eigenvalue weighted by molar-refractivity contribution is -0.253. The van der Waals surface area contributed by atoms with E-state index in [-0.39, 0.29) is 24.8 Å². The molecule has 250 valence electrons. The summed E-state index contributed by atoms with van der Waals surface area (Å²) < 4.78 is 13.4. The summed E-state index contributed by atoms with van der Waals surface area (Å²) in [6, 6.07) is 34.9. The molecule has 0 unspecified atom stereocenters. The van der Waals surface area contributed by atoms with Gasteiger partial charge in [-0.2, -0.15) is 0 Å². The van der Waals surface area contributed by atoms with Gasteiger partial charge in [0.05, 0.1) is 18.8 Å². The maximum absolute atomic E-state index is 12.5. The monoisotopic (exact) mass is 645 g/mol. The number of carbonyl (C=O) groups is 1. The van der Waals surface area contributed by atoms with Gasteiger partial charge in [0.25, 0.3) is 0 Å². The molecule has 6 rings (SSSR count). The molecule has 0 bridgehead atoms. The number of nitrogens with one attached hydrogen (secondary N) is 2. The first-order valence-corrected chi connectivity index (χ1v) is 17.2. The molecule has 4 aromatic rings. The topological polar surface area (TPSA) is 83.1 Å². The molecule has 1 aliphatic carbocycles. The van der Waals surface area contributed by atoms with Gasteiger partial charge in [-0.25, -0.2) is 4.79 Å². The zero-order chi connectivity index (χ0) is 33.1. The SMILES string of the molecule is C=CCN(C[C@@H]1C[C@H](c2ccc(CO)cc2)O[C@H](c2cccc(-c3cccc(CNC(=O)NCc4ccccc4)c3)c2)O1)C1CCCC1. The molecule has 48 heavy (non-hydrogen) atoms. The summed E-state index contributed by atoms with van der Waals surface area (Å²) in [5.41, 5.74) is 7.12. The number of benzene rings is 4. The minimum Gasteiger partial charge on any atom is -0.392 e. The van der Waals surface area contributed by atoms with Crippen molar-refractivity contribution in [1.29, 1.82) is 0 Å². The maximum atomic E-state index is 12.5. The van der Waals surface area contributed by atoms with Crippen LogP contribution in [0.5, 0.6) is 0 Å². The smallest absolute Gasteiger partial charge is 0.315 e. The molecule has 7 heteroatoms. The van der Waals surface area contributed by atoms with Gasteiger partial charge in [0.2, 0.25) is 0 Å². The Morgan fingerprint density at radius 3 is 2.21 bits per heavy atom. The van der Waals surface area contributed by atoms with Gasteiger partial charge in [0, 0.05) is 44.2 Å². The van der Waals surface area contributed by atoms with Crippen molar-refractivity contribution in [3.63, 3.8) is 0 Å². The van der Waals surface area contributed by atoms with Gasteiger partial charge in [-0.15, -0.1) is 6.58 Å². The normalized spacial score (nSPS) is 19.7. The summed E-state index contributed by atoms with van der Waals surface area (Å²) in [6.45, 7) is 6.63. The number of rotatable bonds is 13. The molecular weight excluding hydrogens is 598 g/mol. The van der Waals surface area contributed by atoms with E-state index in [4.69, 9.17) is 9.47 Å². The minimum atomic E-state index is -0.529. The first-order valence-electron chi connectivity index (χ1n) is 17.2. The Bertz CT molecular complexity index is 1620. The van der Waals surface area contributed by atoms with Crippen LogP contribution in [0, 0.1) is 0 Å². The summed E-state index contributed by atoms with van der Waals surface area (Å²) >= 11 is 0. The third-order valence-corrected chi connectivity index (χ3v) is 9.43. The number of aliphatic hydroxyl groups is 1. The maximum Gasteiger partial charge on any atom is 0.315 e. The number of aliphatic hydroxyl groups excluding tert-OH is 1. The van der Waals surface area contributed by atoms with Crippen LogP contribution in [-0.2, 0) is 29.2 Å². The van der Waals surface area contributed by atoms with Gasteiger partial charge in [0.1, 0.15) is 0 Å². The Morgan fingerprint density at radius 1 is 0.792 bits per heavy atom. The standard InChI is InChI=1S/C41H47N3O4/c1-2-22-44(37-16-6-7-17-37)28-38-25-39(33-20-18-31(29-45)19-21-33)48-40(47-38)36-15-9-14-35(24-36)34-13-8-12-32(23-34)27-43-41(46)42-26-30-10-4-3-5-11-30/h2-5,8-15,18-21,23-24,37-40,45H,1,6-7,16-17,22,25-29H2,(H2,42,43,46)/t38-,39+,40+/m0/s1. The molecule has 0 spiro atoms. The molecular formula is C41H47N3O4. The zero-order valence-corrected chi connectivity index (χ0v) is 27.6. The van der Waals surface area contributed by atoms with Crippen molar-refractivity contribution in [2.45, 2.75) is 76.3 Å². The first-order chi connectivity index (χ1) is 23.6. The fraction of sp³-hybridized carbons (Fsp3) is 0.341. The van der Waals surface area contributed by atoms with Crippen molar-refractivity contribution in [2.75, 3.05) is 13.1 Å². The van der Waals surface area contributed by atoms with E-state index in [1.165, 1.54) is 25.7 Å². The minimum absolute atomic E-state index is 0.0158. The Labute approximate surface area is 284 Å². The van der Waals surface area contributed by atoms with Crippen LogP contribution in [0.3, 0.4) is 0 Å². The summed E-state index contributed by atoms with van der Waals surface area (Å²) in [5.74, 6) is 0. The number of amides is 2. The molecule has 1 saturated heterocycles. The molecule has 4 aromatic carbocycles. The van der Waals surface area contributed by atoms with E-state index < -0.39 is 6.29 Å². The largest absolute Gasteiger partial charge is 0.392 e. The second-order valence-corrected chi connectivity index (χ2v) is 12.9. The predicted molar refractivity (Wildman–Crippen MR) is 190 cm³/mol. The van der Waals surface area contributed by atoms with Crippen LogP contribution in [0.1, 0.15) is 72.3 Å². The number of nitrogens with zero attached hydrogens (tertiary/aromatic N) is 1. The molecule has 0 aromatic heterocycles. The van der Waals surface area contributed by atoms with Crippen molar-refractivity contribution in [3.8, 4) is 11.1 Å². The van der Waals surface area contributed by atoms with E-state index in [2.05, 4.69) is 70.6 Å². The van der Waals surface area contributed by atoms with Gasteiger partial charge < -0.3 is 25.2 Å². The molecule has 7 nitrogen and oxygen atoms in total. The molecule has 1 saturated carbocycles.